The zero-order valence-electron chi connectivity index (χ0n) is 13.6. The number of nitrogens with one attached hydrogen (secondary N) is 2. The number of fused-ring (bicyclic) bond motifs is 1. The van der Waals surface area contributed by atoms with Crippen LogP contribution in [0.5, 0.6) is 0 Å². The Balaban J connectivity index is 1.79. The van der Waals surface area contributed by atoms with Crippen LogP contribution < -0.4 is 5.32 Å². The molecule has 1 unspecified atom stereocenters. The molecule has 5 nitrogen and oxygen atoms in total. The van der Waals surface area contributed by atoms with Crippen LogP contribution in [0.2, 0.25) is 10.0 Å². The molecule has 0 spiro atoms. The number of aromatic nitrogens is 1. The second kappa shape index (κ2) is 7.81. The first kappa shape index (κ1) is 18.3. The molecule has 26 heavy (non-hydrogen) atoms. The number of H-pyrrole nitrogens is 1. The lowest BCUT2D eigenvalue weighted by Crippen LogP contribution is -2.31. The van der Waals surface area contributed by atoms with Gasteiger partial charge in [-0.25, -0.2) is 0 Å². The maximum Gasteiger partial charge on any atom is 0.305 e. The van der Waals surface area contributed by atoms with E-state index in [4.69, 9.17) is 28.3 Å². The van der Waals surface area contributed by atoms with Crippen molar-refractivity contribution in [2.75, 3.05) is 0 Å². The fourth-order valence-electron chi connectivity index (χ4n) is 2.89. The number of amides is 1. The third-order valence-electron chi connectivity index (χ3n) is 4.08. The lowest BCUT2D eigenvalue weighted by atomic mass is 10.0. The summed E-state index contributed by atoms with van der Waals surface area (Å²) in [4.78, 5) is 26.8. The molecule has 1 atom stereocenters. The number of rotatable bonds is 6. The number of hydrogen-bond acceptors (Lipinski definition) is 2. The Hall–Kier alpha value is -2.50. The van der Waals surface area contributed by atoms with Crippen LogP contribution in [0.4, 0.5) is 0 Å². The van der Waals surface area contributed by atoms with Crippen LogP contribution in [0.1, 0.15) is 23.6 Å². The highest BCUT2D eigenvalue weighted by molar-refractivity contribution is 6.31. The third kappa shape index (κ3) is 4.18. The molecule has 0 radical (unpaired) electrons. The van der Waals surface area contributed by atoms with Crippen molar-refractivity contribution in [2.24, 2.45) is 0 Å². The number of aliphatic carboxylic acids is 1. The quantitative estimate of drug-likeness (QED) is 0.584. The van der Waals surface area contributed by atoms with E-state index in [9.17, 15) is 9.59 Å². The summed E-state index contributed by atoms with van der Waals surface area (Å²) >= 11 is 12.1. The lowest BCUT2D eigenvalue weighted by molar-refractivity contribution is -0.137. The molecule has 7 heteroatoms. The fourth-order valence-corrected chi connectivity index (χ4v) is 3.33. The molecule has 1 heterocycles. The van der Waals surface area contributed by atoms with Crippen molar-refractivity contribution in [1.29, 1.82) is 0 Å². The average molecular weight is 391 g/mol. The first-order chi connectivity index (χ1) is 12.4. The van der Waals surface area contributed by atoms with Gasteiger partial charge in [-0.15, -0.1) is 0 Å². The molecule has 1 aromatic heterocycles. The molecule has 0 saturated carbocycles. The normalized spacial score (nSPS) is 12.1. The molecular weight excluding hydrogens is 375 g/mol. The van der Waals surface area contributed by atoms with E-state index in [1.165, 1.54) is 0 Å². The van der Waals surface area contributed by atoms with Gasteiger partial charge in [0.25, 0.3) is 0 Å². The Morgan fingerprint density at radius 2 is 1.92 bits per heavy atom. The third-order valence-corrected chi connectivity index (χ3v) is 4.65. The summed E-state index contributed by atoms with van der Waals surface area (Å²) in [5.74, 6) is -1.30. The number of hydrogen-bond donors (Lipinski definition) is 3. The molecule has 3 aromatic rings. The summed E-state index contributed by atoms with van der Waals surface area (Å²) in [6, 6.07) is 11.6. The summed E-state index contributed by atoms with van der Waals surface area (Å²) in [5.41, 5.74) is 2.23. The highest BCUT2D eigenvalue weighted by Crippen LogP contribution is 2.26. The minimum Gasteiger partial charge on any atom is -0.481 e. The van der Waals surface area contributed by atoms with E-state index in [1.54, 1.807) is 42.6 Å². The summed E-state index contributed by atoms with van der Waals surface area (Å²) in [5, 5.41) is 13.9. The molecule has 134 valence electrons. The molecule has 0 aliphatic heterocycles. The SMILES string of the molecule is O=C(O)CC(NC(=O)Cc1c[nH]c2cc(Cl)ccc12)c1ccccc1Cl. The topological polar surface area (TPSA) is 82.2 Å². The highest BCUT2D eigenvalue weighted by Gasteiger charge is 2.21. The van der Waals surface area contributed by atoms with E-state index in [1.807, 2.05) is 6.07 Å². The molecule has 0 fully saturated rings. The number of carbonyl (C=O) groups excluding carboxylic acids is 1. The van der Waals surface area contributed by atoms with Crippen LogP contribution in [-0.2, 0) is 16.0 Å². The van der Waals surface area contributed by atoms with Crippen LogP contribution in [0, 0.1) is 0 Å². The summed E-state index contributed by atoms with van der Waals surface area (Å²) in [6.45, 7) is 0. The van der Waals surface area contributed by atoms with Crippen molar-refractivity contribution in [2.45, 2.75) is 18.9 Å². The van der Waals surface area contributed by atoms with Crippen molar-refractivity contribution >= 4 is 46.0 Å². The monoisotopic (exact) mass is 390 g/mol. The Bertz CT molecular complexity index is 968. The van der Waals surface area contributed by atoms with Gasteiger partial charge >= 0.3 is 5.97 Å². The maximum absolute atomic E-state index is 12.5. The summed E-state index contributed by atoms with van der Waals surface area (Å²) < 4.78 is 0. The molecule has 0 aliphatic rings. The van der Waals surface area contributed by atoms with Gasteiger partial charge in [0.15, 0.2) is 0 Å². The van der Waals surface area contributed by atoms with Crippen molar-refractivity contribution in [1.82, 2.24) is 10.3 Å². The van der Waals surface area contributed by atoms with Crippen LogP contribution in [0.15, 0.2) is 48.7 Å². The molecule has 0 aliphatic carbocycles. The number of benzene rings is 2. The standard InChI is InChI=1S/C19H16Cl2N2O3/c20-12-5-6-13-11(10-22-16(13)8-12)7-18(24)23-17(9-19(25)26)14-3-1-2-4-15(14)21/h1-6,8,10,17,22H,7,9H2,(H,23,24)(H,25,26). The molecule has 0 bridgehead atoms. The number of carbonyl (C=O) groups is 2. The molecule has 1 amide bonds. The Morgan fingerprint density at radius 3 is 2.65 bits per heavy atom. The van der Waals surface area contributed by atoms with Crippen LogP contribution in [-0.4, -0.2) is 22.0 Å². The van der Waals surface area contributed by atoms with E-state index in [0.29, 0.717) is 15.6 Å². The lowest BCUT2D eigenvalue weighted by Gasteiger charge is -2.18. The summed E-state index contributed by atoms with van der Waals surface area (Å²) in [6.07, 6.45) is 1.61. The number of aromatic amines is 1. The average Bonchev–Trinajstić information content (AvgIpc) is 2.96. The van der Waals surface area contributed by atoms with E-state index >= 15 is 0 Å². The predicted molar refractivity (Wildman–Crippen MR) is 102 cm³/mol. The minimum absolute atomic E-state index is 0.113. The van der Waals surface area contributed by atoms with Gasteiger partial charge in [-0.1, -0.05) is 47.5 Å². The molecule has 2 aromatic carbocycles. The first-order valence-corrected chi connectivity index (χ1v) is 8.70. The van der Waals surface area contributed by atoms with Gasteiger partial charge in [-0.2, -0.15) is 0 Å². The fraction of sp³-hybridized carbons (Fsp3) is 0.158. The van der Waals surface area contributed by atoms with Gasteiger partial charge in [0.05, 0.1) is 18.9 Å². The smallest absolute Gasteiger partial charge is 0.305 e. The van der Waals surface area contributed by atoms with Gasteiger partial charge in [0.1, 0.15) is 0 Å². The second-order valence-electron chi connectivity index (χ2n) is 5.92. The first-order valence-electron chi connectivity index (χ1n) is 7.95. The highest BCUT2D eigenvalue weighted by atomic mass is 35.5. The van der Waals surface area contributed by atoms with Gasteiger partial charge in [-0.3, -0.25) is 9.59 Å². The van der Waals surface area contributed by atoms with E-state index in [2.05, 4.69) is 10.3 Å². The van der Waals surface area contributed by atoms with Gasteiger partial charge < -0.3 is 15.4 Å². The van der Waals surface area contributed by atoms with E-state index in [0.717, 1.165) is 16.5 Å². The number of carboxylic acids is 1. The van der Waals surface area contributed by atoms with Crippen LogP contribution >= 0.6 is 23.2 Å². The molecular formula is C19H16Cl2N2O3. The van der Waals surface area contributed by atoms with Crippen molar-refractivity contribution in [3.63, 3.8) is 0 Å². The Kier molecular flexibility index (Phi) is 5.49. The number of carboxylic acid groups (broad SMARTS) is 1. The van der Waals surface area contributed by atoms with Crippen molar-refractivity contribution in [3.05, 3.63) is 69.8 Å². The minimum atomic E-state index is -1.02. The largest absolute Gasteiger partial charge is 0.481 e. The van der Waals surface area contributed by atoms with E-state index < -0.39 is 12.0 Å². The molecule has 3 rings (SSSR count). The van der Waals surface area contributed by atoms with Gasteiger partial charge in [-0.05, 0) is 29.3 Å². The van der Waals surface area contributed by atoms with Crippen molar-refractivity contribution in [3.8, 4) is 0 Å². The van der Waals surface area contributed by atoms with Crippen LogP contribution in [0.3, 0.4) is 0 Å². The van der Waals surface area contributed by atoms with Crippen LogP contribution in [0.25, 0.3) is 10.9 Å². The summed E-state index contributed by atoms with van der Waals surface area (Å²) in [7, 11) is 0. The zero-order valence-corrected chi connectivity index (χ0v) is 15.1. The Labute approximate surface area is 159 Å². The zero-order chi connectivity index (χ0) is 18.7. The molecule has 3 N–H and O–H groups in total. The van der Waals surface area contributed by atoms with E-state index in [-0.39, 0.29) is 18.7 Å². The number of halogens is 2. The van der Waals surface area contributed by atoms with Crippen molar-refractivity contribution < 1.29 is 14.7 Å². The van der Waals surface area contributed by atoms with Gasteiger partial charge in [0.2, 0.25) is 5.91 Å². The van der Waals surface area contributed by atoms with Gasteiger partial charge in [0, 0.05) is 27.1 Å². The molecule has 0 saturated heterocycles. The maximum atomic E-state index is 12.5. The second-order valence-corrected chi connectivity index (χ2v) is 6.76. The Morgan fingerprint density at radius 1 is 1.15 bits per heavy atom. The predicted octanol–water partition coefficient (Wildman–Crippen LogP) is 4.35.